The van der Waals surface area contributed by atoms with Gasteiger partial charge in [-0.05, 0) is 42.5 Å². The van der Waals surface area contributed by atoms with Crippen LogP contribution in [0.2, 0.25) is 0 Å². The van der Waals surface area contributed by atoms with Crippen molar-refractivity contribution in [1.82, 2.24) is 14.8 Å². The van der Waals surface area contributed by atoms with Crippen LogP contribution in [-0.4, -0.2) is 41.0 Å². The predicted octanol–water partition coefficient (Wildman–Crippen LogP) is 4.93. The number of aromatic nitrogens is 3. The zero-order valence-corrected chi connectivity index (χ0v) is 18.4. The monoisotopic (exact) mass is 470 g/mol. The Labute approximate surface area is 193 Å². The van der Waals surface area contributed by atoms with E-state index in [2.05, 4.69) is 15.4 Å². The van der Waals surface area contributed by atoms with Crippen LogP contribution in [-0.2, 0) is 18.0 Å². The molecular weight excluding hydrogens is 449 g/mol. The number of nitrogens with one attached hydrogen (secondary N) is 1. The quantitative estimate of drug-likeness (QED) is 0.388. The Morgan fingerprint density at radius 3 is 2.44 bits per heavy atom. The summed E-state index contributed by atoms with van der Waals surface area (Å²) in [5, 5.41) is 6.69. The normalized spacial score (nSPS) is 11.6. The van der Waals surface area contributed by atoms with Gasteiger partial charge in [0.1, 0.15) is 18.2 Å². The number of carbonyl (C=O) groups is 1. The van der Waals surface area contributed by atoms with E-state index in [1.54, 1.807) is 25.3 Å². The van der Waals surface area contributed by atoms with E-state index in [4.69, 9.17) is 9.47 Å². The van der Waals surface area contributed by atoms with Crippen molar-refractivity contribution in [2.75, 3.05) is 25.6 Å². The number of halogens is 3. The first-order valence-corrected chi connectivity index (χ1v) is 10.3. The molecule has 176 valence electrons. The third-order valence-corrected chi connectivity index (χ3v) is 5.07. The van der Waals surface area contributed by atoms with Crippen LogP contribution < -0.4 is 10.1 Å². The Bertz CT molecular complexity index is 1320. The summed E-state index contributed by atoms with van der Waals surface area (Å²) in [5.41, 5.74) is 1.32. The number of aryl methyl sites for hydroxylation is 1. The molecule has 0 atom stereocenters. The van der Waals surface area contributed by atoms with E-state index < -0.39 is 17.8 Å². The van der Waals surface area contributed by atoms with Crippen molar-refractivity contribution in [3.8, 4) is 17.0 Å². The number of hydrogen-bond acceptors (Lipinski definition) is 5. The van der Waals surface area contributed by atoms with Gasteiger partial charge in [0, 0.05) is 36.7 Å². The average Bonchev–Trinajstić information content (AvgIpc) is 3.19. The molecule has 1 N–H and O–H groups in total. The second-order valence-electron chi connectivity index (χ2n) is 7.46. The third kappa shape index (κ3) is 5.18. The Morgan fingerprint density at radius 2 is 1.76 bits per heavy atom. The average molecular weight is 470 g/mol. The number of nitrogens with zero attached hydrogens (tertiary/aromatic N) is 3. The number of pyridine rings is 1. The van der Waals surface area contributed by atoms with Gasteiger partial charge in [0.05, 0.1) is 17.8 Å². The summed E-state index contributed by atoms with van der Waals surface area (Å²) in [6, 6.07) is 16.9. The molecule has 0 aliphatic rings. The SMILES string of the molecule is COCCOc1ccc(-c2ccc3ccc(C(=O)Nc4cc(C(F)(F)F)nn4C)cc3n2)cc1. The molecule has 0 aliphatic heterocycles. The summed E-state index contributed by atoms with van der Waals surface area (Å²) in [6.07, 6.45) is -4.60. The summed E-state index contributed by atoms with van der Waals surface area (Å²) in [7, 11) is 2.93. The van der Waals surface area contributed by atoms with Crippen molar-refractivity contribution >= 4 is 22.6 Å². The Hall–Kier alpha value is -3.92. The third-order valence-electron chi connectivity index (χ3n) is 5.07. The highest BCUT2D eigenvalue weighted by Gasteiger charge is 2.34. The maximum absolute atomic E-state index is 12.9. The number of ether oxygens (including phenoxy) is 2. The predicted molar refractivity (Wildman–Crippen MR) is 121 cm³/mol. The fourth-order valence-corrected chi connectivity index (χ4v) is 3.30. The Balaban J connectivity index is 1.54. The lowest BCUT2D eigenvalue weighted by molar-refractivity contribution is -0.141. The molecule has 0 aliphatic carbocycles. The minimum Gasteiger partial charge on any atom is -0.491 e. The lowest BCUT2D eigenvalue weighted by atomic mass is 10.1. The van der Waals surface area contributed by atoms with Gasteiger partial charge < -0.3 is 14.8 Å². The second-order valence-corrected chi connectivity index (χ2v) is 7.46. The van der Waals surface area contributed by atoms with Crippen molar-refractivity contribution in [2.24, 2.45) is 7.05 Å². The number of fused-ring (bicyclic) bond motifs is 1. The summed E-state index contributed by atoms with van der Waals surface area (Å²) < 4.78 is 50.1. The maximum Gasteiger partial charge on any atom is 0.435 e. The molecule has 0 bridgehead atoms. The molecule has 0 unspecified atom stereocenters. The van der Waals surface area contributed by atoms with Gasteiger partial charge in [-0.3, -0.25) is 9.48 Å². The largest absolute Gasteiger partial charge is 0.491 e. The molecule has 2 aromatic heterocycles. The van der Waals surface area contributed by atoms with E-state index in [9.17, 15) is 18.0 Å². The van der Waals surface area contributed by atoms with Crippen molar-refractivity contribution < 1.29 is 27.4 Å². The number of rotatable bonds is 7. The zero-order valence-electron chi connectivity index (χ0n) is 18.4. The summed E-state index contributed by atoms with van der Waals surface area (Å²) in [6.45, 7) is 0.944. The molecule has 2 heterocycles. The van der Waals surface area contributed by atoms with Crippen LogP contribution in [0.15, 0.2) is 60.7 Å². The van der Waals surface area contributed by atoms with Gasteiger partial charge in [0.2, 0.25) is 0 Å². The number of amides is 1. The molecular formula is C24H21F3N4O3. The van der Waals surface area contributed by atoms with Gasteiger partial charge in [-0.25, -0.2) is 4.98 Å². The van der Waals surface area contributed by atoms with Crippen molar-refractivity contribution in [3.63, 3.8) is 0 Å². The summed E-state index contributed by atoms with van der Waals surface area (Å²) >= 11 is 0. The Morgan fingerprint density at radius 1 is 1.03 bits per heavy atom. The molecule has 0 radical (unpaired) electrons. The van der Waals surface area contributed by atoms with Crippen molar-refractivity contribution in [1.29, 1.82) is 0 Å². The van der Waals surface area contributed by atoms with E-state index in [1.165, 1.54) is 7.05 Å². The number of anilines is 1. The molecule has 34 heavy (non-hydrogen) atoms. The minimum absolute atomic E-state index is 0.0630. The topological polar surface area (TPSA) is 78.3 Å². The van der Waals surface area contributed by atoms with Crippen LogP contribution in [0.1, 0.15) is 16.1 Å². The molecule has 0 saturated carbocycles. The standard InChI is InChI=1S/C24H21F3N4O3/c1-31-22(14-21(30-31)24(25,26)27)29-23(32)17-4-3-16-7-10-19(28-20(16)13-17)15-5-8-18(9-6-15)34-12-11-33-2/h3-10,13-14H,11-12H2,1-2H3,(H,29,32). The number of methoxy groups -OCH3 is 1. The fraction of sp³-hybridized carbons (Fsp3) is 0.208. The molecule has 4 rings (SSSR count). The van der Waals surface area contributed by atoms with Gasteiger partial charge in [0.25, 0.3) is 5.91 Å². The molecule has 4 aromatic rings. The first-order valence-electron chi connectivity index (χ1n) is 10.3. The van der Waals surface area contributed by atoms with E-state index in [-0.39, 0.29) is 11.4 Å². The highest BCUT2D eigenvalue weighted by molar-refractivity contribution is 6.05. The van der Waals surface area contributed by atoms with Gasteiger partial charge in [0.15, 0.2) is 5.69 Å². The minimum atomic E-state index is -4.60. The highest BCUT2D eigenvalue weighted by Crippen LogP contribution is 2.30. The molecule has 10 heteroatoms. The van der Waals surface area contributed by atoms with Crippen molar-refractivity contribution in [2.45, 2.75) is 6.18 Å². The van der Waals surface area contributed by atoms with E-state index in [0.717, 1.165) is 21.7 Å². The number of hydrogen-bond donors (Lipinski definition) is 1. The van der Waals surface area contributed by atoms with E-state index in [0.29, 0.717) is 30.2 Å². The highest BCUT2D eigenvalue weighted by atomic mass is 19.4. The van der Waals surface area contributed by atoms with Crippen LogP contribution in [0, 0.1) is 0 Å². The summed E-state index contributed by atoms with van der Waals surface area (Å²) in [4.78, 5) is 17.3. The maximum atomic E-state index is 12.9. The number of benzene rings is 2. The van der Waals surface area contributed by atoms with Crippen LogP contribution in [0.25, 0.3) is 22.2 Å². The number of alkyl halides is 3. The van der Waals surface area contributed by atoms with Gasteiger partial charge in [-0.1, -0.05) is 12.1 Å². The molecule has 1 amide bonds. The van der Waals surface area contributed by atoms with Crippen LogP contribution in [0.5, 0.6) is 5.75 Å². The van der Waals surface area contributed by atoms with Crippen LogP contribution in [0.3, 0.4) is 0 Å². The fourth-order valence-electron chi connectivity index (χ4n) is 3.30. The first-order chi connectivity index (χ1) is 16.2. The Kier molecular flexibility index (Phi) is 6.51. The van der Waals surface area contributed by atoms with E-state index in [1.807, 2.05) is 36.4 Å². The molecule has 7 nitrogen and oxygen atoms in total. The molecule has 0 spiro atoms. The van der Waals surface area contributed by atoms with Crippen LogP contribution >= 0.6 is 0 Å². The number of carbonyl (C=O) groups excluding carboxylic acids is 1. The molecule has 0 saturated heterocycles. The summed E-state index contributed by atoms with van der Waals surface area (Å²) in [5.74, 6) is 0.0831. The molecule has 0 fully saturated rings. The molecule has 2 aromatic carbocycles. The van der Waals surface area contributed by atoms with E-state index >= 15 is 0 Å². The van der Waals surface area contributed by atoms with Gasteiger partial charge in [-0.15, -0.1) is 0 Å². The smallest absolute Gasteiger partial charge is 0.435 e. The lowest BCUT2D eigenvalue weighted by Crippen LogP contribution is -2.14. The second kappa shape index (κ2) is 9.52. The van der Waals surface area contributed by atoms with Crippen molar-refractivity contribution in [3.05, 3.63) is 71.9 Å². The zero-order chi connectivity index (χ0) is 24.3. The lowest BCUT2D eigenvalue weighted by Gasteiger charge is -2.08. The van der Waals surface area contributed by atoms with Gasteiger partial charge in [-0.2, -0.15) is 18.3 Å². The van der Waals surface area contributed by atoms with Gasteiger partial charge >= 0.3 is 6.18 Å². The van der Waals surface area contributed by atoms with Crippen LogP contribution in [0.4, 0.5) is 19.0 Å². The first kappa shape index (κ1) is 23.2.